The largest absolute Gasteiger partial charge is 0.497 e. The molecule has 1 N–H and O–H groups in total. The lowest BCUT2D eigenvalue weighted by atomic mass is 9.84. The number of carbonyl (C=O) groups excluding carboxylic acids is 1. The van der Waals surface area contributed by atoms with Gasteiger partial charge in [0.2, 0.25) is 0 Å². The first kappa shape index (κ1) is 24.3. The number of methoxy groups -OCH3 is 1. The van der Waals surface area contributed by atoms with Gasteiger partial charge in [0.25, 0.3) is 0 Å². The molecule has 7 nitrogen and oxygen atoms in total. The molecule has 3 heterocycles. The van der Waals surface area contributed by atoms with E-state index in [4.69, 9.17) is 9.47 Å². The molecule has 1 aromatic carbocycles. The Hall–Kier alpha value is -2.38. The third-order valence-corrected chi connectivity index (χ3v) is 8.36. The molecule has 1 saturated heterocycles. The van der Waals surface area contributed by atoms with E-state index in [1.54, 1.807) is 7.11 Å². The number of hydrogen-bond acceptors (Lipinski definition) is 7. The van der Waals surface area contributed by atoms with Crippen LogP contribution in [0.2, 0.25) is 0 Å². The number of nitrogens with zero attached hydrogens (tertiary/aromatic N) is 3. The van der Waals surface area contributed by atoms with Crippen LogP contribution in [0.5, 0.6) is 11.5 Å². The van der Waals surface area contributed by atoms with Crippen molar-refractivity contribution in [3.05, 3.63) is 24.4 Å². The molecule has 0 radical (unpaired) electrons. The average molecular weight is 482 g/mol. The van der Waals surface area contributed by atoms with Gasteiger partial charge in [-0.05, 0) is 75.7 Å². The highest BCUT2D eigenvalue weighted by Crippen LogP contribution is 2.39. The van der Waals surface area contributed by atoms with Gasteiger partial charge in [-0.1, -0.05) is 6.42 Å². The summed E-state index contributed by atoms with van der Waals surface area (Å²) >= 11 is 0. The molecule has 0 bridgehead atoms. The number of aromatic nitrogens is 1. The lowest BCUT2D eigenvalue weighted by Gasteiger charge is -2.40. The Bertz CT molecular complexity index is 1020. The van der Waals surface area contributed by atoms with Crippen molar-refractivity contribution in [1.82, 2.24) is 9.88 Å². The minimum absolute atomic E-state index is 0.200. The molecule has 0 spiro atoms. The van der Waals surface area contributed by atoms with Crippen LogP contribution in [0.4, 0.5) is 5.69 Å². The van der Waals surface area contributed by atoms with Crippen LogP contribution < -0.4 is 14.4 Å². The van der Waals surface area contributed by atoms with Crippen LogP contribution in [-0.4, -0.2) is 73.3 Å². The summed E-state index contributed by atoms with van der Waals surface area (Å²) in [5.74, 6) is 2.96. The first-order chi connectivity index (χ1) is 17.2. The van der Waals surface area contributed by atoms with Gasteiger partial charge in [-0.3, -0.25) is 14.7 Å². The van der Waals surface area contributed by atoms with E-state index in [0.29, 0.717) is 18.3 Å². The summed E-state index contributed by atoms with van der Waals surface area (Å²) in [5, 5.41) is 11.2. The van der Waals surface area contributed by atoms with Crippen LogP contribution >= 0.6 is 0 Å². The molecule has 35 heavy (non-hydrogen) atoms. The molecule has 1 aliphatic carbocycles. The van der Waals surface area contributed by atoms with Crippen molar-refractivity contribution in [2.24, 2.45) is 11.8 Å². The van der Waals surface area contributed by atoms with Crippen molar-refractivity contribution in [1.29, 1.82) is 0 Å². The molecule has 1 aromatic heterocycles. The van der Waals surface area contributed by atoms with Crippen LogP contribution in [0.1, 0.15) is 51.4 Å². The number of likely N-dealkylation sites (tertiary alicyclic amines) is 1. The minimum atomic E-state index is 0.200. The second-order valence-corrected chi connectivity index (χ2v) is 10.4. The fourth-order valence-electron chi connectivity index (χ4n) is 6.25. The number of aliphatic hydroxyl groups excluding tert-OH is 1. The van der Waals surface area contributed by atoms with Gasteiger partial charge in [0, 0.05) is 30.3 Å². The Labute approximate surface area is 208 Å². The monoisotopic (exact) mass is 481 g/mol. The van der Waals surface area contributed by atoms with Gasteiger partial charge in [0.15, 0.2) is 5.75 Å². The van der Waals surface area contributed by atoms with Gasteiger partial charge in [0.1, 0.15) is 18.1 Å². The number of hydrogen-bond donors (Lipinski definition) is 1. The topological polar surface area (TPSA) is 75.1 Å². The van der Waals surface area contributed by atoms with E-state index >= 15 is 0 Å². The zero-order valence-electron chi connectivity index (χ0n) is 21.0. The van der Waals surface area contributed by atoms with Gasteiger partial charge in [0.05, 0.1) is 37.7 Å². The first-order valence-corrected chi connectivity index (χ1v) is 13.4. The Morgan fingerprint density at radius 2 is 2.09 bits per heavy atom. The van der Waals surface area contributed by atoms with Crippen LogP contribution in [0, 0.1) is 11.8 Å². The quantitative estimate of drug-likeness (QED) is 0.610. The zero-order chi connectivity index (χ0) is 24.2. The van der Waals surface area contributed by atoms with E-state index < -0.39 is 0 Å². The van der Waals surface area contributed by atoms with E-state index in [2.05, 4.69) is 20.9 Å². The van der Waals surface area contributed by atoms with Crippen molar-refractivity contribution in [3.63, 3.8) is 0 Å². The molecule has 0 amide bonds. The summed E-state index contributed by atoms with van der Waals surface area (Å²) in [6.45, 7) is 4.65. The number of pyridine rings is 1. The van der Waals surface area contributed by atoms with Crippen LogP contribution in [0.25, 0.3) is 10.9 Å². The number of piperidine rings is 1. The van der Waals surface area contributed by atoms with Gasteiger partial charge < -0.3 is 19.5 Å². The van der Waals surface area contributed by atoms with Crippen LogP contribution in [0.3, 0.4) is 0 Å². The third-order valence-electron chi connectivity index (χ3n) is 8.36. The summed E-state index contributed by atoms with van der Waals surface area (Å²) < 4.78 is 11.4. The predicted molar refractivity (Wildman–Crippen MR) is 137 cm³/mol. The molecule has 3 aliphatic rings. The minimum Gasteiger partial charge on any atom is -0.497 e. The number of anilines is 1. The van der Waals surface area contributed by atoms with Crippen molar-refractivity contribution < 1.29 is 19.4 Å². The van der Waals surface area contributed by atoms with Gasteiger partial charge in [-0.2, -0.15) is 0 Å². The van der Waals surface area contributed by atoms with E-state index in [1.165, 1.54) is 6.42 Å². The van der Waals surface area contributed by atoms with Crippen LogP contribution in [-0.2, 0) is 4.79 Å². The molecule has 2 fully saturated rings. The van der Waals surface area contributed by atoms with Crippen molar-refractivity contribution in [2.75, 3.05) is 51.4 Å². The van der Waals surface area contributed by atoms with Crippen molar-refractivity contribution in [3.8, 4) is 11.5 Å². The molecule has 3 atom stereocenters. The molecular formula is C28H39N3O4. The Morgan fingerprint density at radius 3 is 2.91 bits per heavy atom. The van der Waals surface area contributed by atoms with E-state index in [0.717, 1.165) is 99.2 Å². The number of ketones is 1. The van der Waals surface area contributed by atoms with Gasteiger partial charge >= 0.3 is 0 Å². The molecule has 190 valence electrons. The molecule has 5 rings (SSSR count). The second-order valence-electron chi connectivity index (χ2n) is 10.4. The summed E-state index contributed by atoms with van der Waals surface area (Å²) in [6, 6.07) is 6.21. The number of carbonyl (C=O) groups is 1. The molecule has 2 aromatic rings. The van der Waals surface area contributed by atoms with Gasteiger partial charge in [-0.25, -0.2) is 0 Å². The standard InChI is InChI=1S/C28H39N3O4/c1-34-23-6-7-25-24(17-23)28-27(18-29-25)35-15-14-31(28)12-9-20-8-11-30(22(16-20)19-32)13-10-21-4-2-3-5-26(21)33/h6-7,17-18,20-22,32H,2-5,8-16,19H2,1H3/t20-,21?,22+/m1/s1. The summed E-state index contributed by atoms with van der Waals surface area (Å²) in [6.07, 6.45) is 10.1. The maximum atomic E-state index is 12.2. The van der Waals surface area contributed by atoms with Crippen molar-refractivity contribution >= 4 is 22.4 Å². The number of benzene rings is 1. The van der Waals surface area contributed by atoms with Crippen LogP contribution in [0.15, 0.2) is 24.4 Å². The number of rotatable bonds is 8. The van der Waals surface area contributed by atoms with E-state index in [9.17, 15) is 9.90 Å². The fraction of sp³-hybridized carbons (Fsp3) is 0.643. The smallest absolute Gasteiger partial charge is 0.161 e. The highest BCUT2D eigenvalue weighted by atomic mass is 16.5. The normalized spacial score (nSPS) is 25.4. The maximum absolute atomic E-state index is 12.2. The summed E-state index contributed by atoms with van der Waals surface area (Å²) in [4.78, 5) is 21.7. The summed E-state index contributed by atoms with van der Waals surface area (Å²) in [7, 11) is 1.69. The Balaban J connectivity index is 1.20. The molecular weight excluding hydrogens is 442 g/mol. The molecule has 7 heteroatoms. The fourth-order valence-corrected chi connectivity index (χ4v) is 6.25. The first-order valence-electron chi connectivity index (χ1n) is 13.4. The van der Waals surface area contributed by atoms with Crippen molar-refractivity contribution in [2.45, 2.75) is 57.4 Å². The molecule has 2 aliphatic heterocycles. The van der Waals surface area contributed by atoms with E-state index in [-0.39, 0.29) is 18.6 Å². The molecule has 1 unspecified atom stereocenters. The summed E-state index contributed by atoms with van der Waals surface area (Å²) in [5.41, 5.74) is 2.07. The highest BCUT2D eigenvalue weighted by molar-refractivity contribution is 5.96. The predicted octanol–water partition coefficient (Wildman–Crippen LogP) is 4.05. The van der Waals surface area contributed by atoms with E-state index in [1.807, 2.05) is 18.3 Å². The third kappa shape index (κ3) is 5.41. The number of aliphatic hydroxyl groups is 1. The SMILES string of the molecule is COc1ccc2ncc3c(c2c1)N(CC[C@H]1CCN(CCC2CCCCC2=O)[C@H](CO)C1)CCO3. The Morgan fingerprint density at radius 1 is 1.17 bits per heavy atom. The van der Waals surface area contributed by atoms with Gasteiger partial charge in [-0.15, -0.1) is 0 Å². The molecule has 1 saturated carbocycles. The zero-order valence-corrected chi connectivity index (χ0v) is 21.0. The number of fused-ring (bicyclic) bond motifs is 3. The number of Topliss-reactive ketones (excluding diaryl/α,β-unsaturated/α-hetero) is 1. The average Bonchev–Trinajstić information content (AvgIpc) is 2.91. The Kier molecular flexibility index (Phi) is 7.73. The lowest BCUT2D eigenvalue weighted by molar-refractivity contribution is -0.125. The maximum Gasteiger partial charge on any atom is 0.161 e. The lowest BCUT2D eigenvalue weighted by Crippen LogP contribution is -2.46. The highest BCUT2D eigenvalue weighted by Gasteiger charge is 2.31. The number of ether oxygens (including phenoxy) is 2. The second kappa shape index (κ2) is 11.1.